The maximum Gasteiger partial charge on any atom is 0.244 e. The van der Waals surface area contributed by atoms with E-state index >= 15 is 0 Å². The molecule has 1 aliphatic carbocycles. The average molecular weight is 234 g/mol. The van der Waals surface area contributed by atoms with Crippen LogP contribution >= 0.6 is 0 Å². The molecule has 3 N–H and O–H groups in total. The molecule has 0 heterocycles. The summed E-state index contributed by atoms with van der Waals surface area (Å²) >= 11 is 0. The van der Waals surface area contributed by atoms with E-state index < -0.39 is 5.54 Å². The number of nitrogens with one attached hydrogen (secondary N) is 1. The summed E-state index contributed by atoms with van der Waals surface area (Å²) in [4.78, 5) is 11.9. The summed E-state index contributed by atoms with van der Waals surface area (Å²) in [5.41, 5.74) is 8.12. The number of methoxy groups -OCH3 is 1. The maximum atomic E-state index is 11.9. The van der Waals surface area contributed by atoms with Crippen molar-refractivity contribution in [3.05, 3.63) is 23.3 Å². The SMILES string of the molecule is COc1cc(C)c(C)cc1NC(=O)C1(N)CC1. The van der Waals surface area contributed by atoms with Gasteiger partial charge in [-0.2, -0.15) is 0 Å². The van der Waals surface area contributed by atoms with Crippen molar-refractivity contribution in [2.24, 2.45) is 5.73 Å². The fourth-order valence-electron chi connectivity index (χ4n) is 1.66. The van der Waals surface area contributed by atoms with Crippen LogP contribution < -0.4 is 15.8 Å². The third-order valence-corrected chi connectivity index (χ3v) is 3.30. The third-order valence-electron chi connectivity index (χ3n) is 3.30. The third kappa shape index (κ3) is 2.26. The van der Waals surface area contributed by atoms with Crippen molar-refractivity contribution in [3.8, 4) is 5.75 Å². The lowest BCUT2D eigenvalue weighted by atomic mass is 10.1. The van der Waals surface area contributed by atoms with Crippen molar-refractivity contribution in [1.82, 2.24) is 0 Å². The Morgan fingerprint density at radius 1 is 1.35 bits per heavy atom. The number of carbonyl (C=O) groups is 1. The molecule has 1 amide bonds. The number of aryl methyl sites for hydroxylation is 2. The molecule has 1 saturated carbocycles. The van der Waals surface area contributed by atoms with E-state index in [0.717, 1.165) is 24.0 Å². The van der Waals surface area contributed by atoms with Crippen LogP contribution in [0.5, 0.6) is 5.75 Å². The van der Waals surface area contributed by atoms with Crippen LogP contribution in [0.15, 0.2) is 12.1 Å². The van der Waals surface area contributed by atoms with Crippen LogP contribution in [0.2, 0.25) is 0 Å². The lowest BCUT2D eigenvalue weighted by molar-refractivity contribution is -0.118. The van der Waals surface area contributed by atoms with Crippen LogP contribution in [0.25, 0.3) is 0 Å². The fraction of sp³-hybridized carbons (Fsp3) is 0.462. The molecule has 0 unspecified atom stereocenters. The lowest BCUT2D eigenvalue weighted by Gasteiger charge is -2.15. The van der Waals surface area contributed by atoms with Crippen molar-refractivity contribution >= 4 is 11.6 Å². The summed E-state index contributed by atoms with van der Waals surface area (Å²) < 4.78 is 5.26. The average Bonchev–Trinajstić information content (AvgIpc) is 3.03. The Labute approximate surface area is 101 Å². The quantitative estimate of drug-likeness (QED) is 0.837. The molecule has 0 saturated heterocycles. The molecule has 17 heavy (non-hydrogen) atoms. The van der Waals surface area contributed by atoms with Gasteiger partial charge in [0.2, 0.25) is 5.91 Å². The largest absolute Gasteiger partial charge is 0.495 e. The van der Waals surface area contributed by atoms with Gasteiger partial charge >= 0.3 is 0 Å². The molecular weight excluding hydrogens is 216 g/mol. The Hall–Kier alpha value is -1.55. The summed E-state index contributed by atoms with van der Waals surface area (Å²) in [6.07, 6.45) is 1.51. The minimum Gasteiger partial charge on any atom is -0.495 e. The fourth-order valence-corrected chi connectivity index (χ4v) is 1.66. The lowest BCUT2D eigenvalue weighted by Crippen LogP contribution is -2.37. The van der Waals surface area contributed by atoms with Crippen LogP contribution in [-0.4, -0.2) is 18.6 Å². The van der Waals surface area contributed by atoms with E-state index in [4.69, 9.17) is 10.5 Å². The molecule has 0 atom stereocenters. The van der Waals surface area contributed by atoms with Gasteiger partial charge in [-0.15, -0.1) is 0 Å². The normalized spacial score (nSPS) is 16.5. The van der Waals surface area contributed by atoms with Crippen LogP contribution in [0.4, 0.5) is 5.69 Å². The van der Waals surface area contributed by atoms with Crippen molar-refractivity contribution in [2.75, 3.05) is 12.4 Å². The second kappa shape index (κ2) is 4.04. The molecule has 1 aliphatic rings. The van der Waals surface area contributed by atoms with Gasteiger partial charge in [-0.3, -0.25) is 4.79 Å². The second-order valence-electron chi connectivity index (χ2n) is 4.75. The molecule has 4 nitrogen and oxygen atoms in total. The zero-order chi connectivity index (χ0) is 12.6. The van der Waals surface area contributed by atoms with Crippen LogP contribution in [0, 0.1) is 13.8 Å². The molecule has 92 valence electrons. The van der Waals surface area contributed by atoms with Gasteiger partial charge in [-0.25, -0.2) is 0 Å². The topological polar surface area (TPSA) is 64.3 Å². The Morgan fingerprint density at radius 2 is 1.94 bits per heavy atom. The number of hydrogen-bond donors (Lipinski definition) is 2. The molecule has 1 aromatic rings. The molecule has 1 fully saturated rings. The van der Waals surface area contributed by atoms with Crippen molar-refractivity contribution in [3.63, 3.8) is 0 Å². The molecule has 4 heteroatoms. The van der Waals surface area contributed by atoms with E-state index in [-0.39, 0.29) is 5.91 Å². The Morgan fingerprint density at radius 3 is 2.47 bits per heavy atom. The summed E-state index contributed by atoms with van der Waals surface area (Å²) in [5, 5.41) is 2.84. The molecule has 2 rings (SSSR count). The minimum absolute atomic E-state index is 0.126. The van der Waals surface area contributed by atoms with Crippen molar-refractivity contribution < 1.29 is 9.53 Å². The van der Waals surface area contributed by atoms with Gasteiger partial charge in [0, 0.05) is 0 Å². The summed E-state index contributed by atoms with van der Waals surface area (Å²) in [5.74, 6) is 0.546. The van der Waals surface area contributed by atoms with E-state index in [0.29, 0.717) is 11.4 Å². The van der Waals surface area contributed by atoms with Crippen LogP contribution in [0.3, 0.4) is 0 Å². The first-order valence-electron chi connectivity index (χ1n) is 5.72. The summed E-state index contributed by atoms with van der Waals surface area (Å²) in [7, 11) is 1.59. The monoisotopic (exact) mass is 234 g/mol. The number of nitrogens with two attached hydrogens (primary N) is 1. The van der Waals surface area contributed by atoms with E-state index in [1.54, 1.807) is 7.11 Å². The molecule has 0 aliphatic heterocycles. The minimum atomic E-state index is -0.663. The van der Waals surface area contributed by atoms with Gasteiger partial charge in [0.1, 0.15) is 5.75 Å². The predicted molar refractivity (Wildman–Crippen MR) is 67.3 cm³/mol. The van der Waals surface area contributed by atoms with Crippen LogP contribution in [-0.2, 0) is 4.79 Å². The van der Waals surface area contributed by atoms with Gasteiger partial charge in [-0.1, -0.05) is 0 Å². The summed E-state index contributed by atoms with van der Waals surface area (Å²) in [6.45, 7) is 4.01. The van der Waals surface area contributed by atoms with Gasteiger partial charge < -0.3 is 15.8 Å². The van der Waals surface area contributed by atoms with E-state index in [1.807, 2.05) is 26.0 Å². The van der Waals surface area contributed by atoms with Gasteiger partial charge in [0.15, 0.2) is 0 Å². The zero-order valence-corrected chi connectivity index (χ0v) is 10.5. The highest BCUT2D eigenvalue weighted by molar-refractivity contribution is 6.01. The first-order valence-corrected chi connectivity index (χ1v) is 5.72. The van der Waals surface area contributed by atoms with Gasteiger partial charge in [0.25, 0.3) is 0 Å². The Kier molecular flexibility index (Phi) is 2.83. The number of benzene rings is 1. The van der Waals surface area contributed by atoms with Gasteiger partial charge in [0.05, 0.1) is 18.3 Å². The van der Waals surface area contributed by atoms with Crippen LogP contribution in [0.1, 0.15) is 24.0 Å². The van der Waals surface area contributed by atoms with Crippen molar-refractivity contribution in [2.45, 2.75) is 32.2 Å². The first kappa shape index (κ1) is 11.9. The molecule has 0 bridgehead atoms. The number of hydrogen-bond acceptors (Lipinski definition) is 3. The van der Waals surface area contributed by atoms with E-state index in [1.165, 1.54) is 0 Å². The molecule has 0 spiro atoms. The molecule has 1 aromatic carbocycles. The highest BCUT2D eigenvalue weighted by atomic mass is 16.5. The Bertz CT molecular complexity index is 465. The summed E-state index contributed by atoms with van der Waals surface area (Å²) in [6, 6.07) is 3.83. The predicted octanol–water partition coefficient (Wildman–Crippen LogP) is 1.74. The van der Waals surface area contributed by atoms with Crippen molar-refractivity contribution in [1.29, 1.82) is 0 Å². The molecule has 0 aromatic heterocycles. The number of amides is 1. The number of rotatable bonds is 3. The smallest absolute Gasteiger partial charge is 0.244 e. The second-order valence-corrected chi connectivity index (χ2v) is 4.75. The molecular formula is C13H18N2O2. The maximum absolute atomic E-state index is 11.9. The number of carbonyl (C=O) groups excluding carboxylic acids is 1. The van der Waals surface area contributed by atoms with E-state index in [9.17, 15) is 4.79 Å². The first-order chi connectivity index (χ1) is 7.96. The standard InChI is InChI=1S/C13H18N2O2/c1-8-6-10(11(17-3)7-9(8)2)15-12(16)13(14)4-5-13/h6-7H,4-5,14H2,1-3H3,(H,15,16). The number of ether oxygens (including phenoxy) is 1. The zero-order valence-electron chi connectivity index (χ0n) is 10.5. The van der Waals surface area contributed by atoms with Gasteiger partial charge in [-0.05, 0) is 49.9 Å². The molecule has 0 radical (unpaired) electrons. The Balaban J connectivity index is 2.25. The van der Waals surface area contributed by atoms with E-state index in [2.05, 4.69) is 5.32 Å². The number of anilines is 1. The highest BCUT2D eigenvalue weighted by Crippen LogP contribution is 2.35. The highest BCUT2D eigenvalue weighted by Gasteiger charge is 2.46.